The Morgan fingerprint density at radius 3 is 2.91 bits per heavy atom. The van der Waals surface area contributed by atoms with Crippen LogP contribution in [0.15, 0.2) is 23.8 Å². The van der Waals surface area contributed by atoms with Crippen LogP contribution >= 0.6 is 0 Å². The lowest BCUT2D eigenvalue weighted by molar-refractivity contribution is 0.102. The molecule has 0 amide bonds. The summed E-state index contributed by atoms with van der Waals surface area (Å²) in [6, 6.07) is 0. The second-order valence-electron chi connectivity index (χ2n) is 4.46. The van der Waals surface area contributed by atoms with Crippen molar-refractivity contribution in [2.75, 3.05) is 0 Å². The molecule has 0 aromatic rings. The molecular formula is C11H16. The smallest absolute Gasteiger partial charge is 0.0192 e. The Morgan fingerprint density at radius 2 is 2.18 bits per heavy atom. The summed E-state index contributed by atoms with van der Waals surface area (Å²) in [6.45, 7) is 4.67. The van der Waals surface area contributed by atoms with E-state index in [2.05, 4.69) is 32.1 Å². The highest BCUT2D eigenvalue weighted by Crippen LogP contribution is 2.51. The Kier molecular flexibility index (Phi) is 1.45. The largest absolute Gasteiger partial charge is 0.0840 e. The van der Waals surface area contributed by atoms with E-state index >= 15 is 0 Å². The Balaban J connectivity index is 2.20. The van der Waals surface area contributed by atoms with E-state index in [0.29, 0.717) is 5.41 Å². The average Bonchev–Trinajstić information content (AvgIpc) is 1.89. The lowest BCUT2D eigenvalue weighted by Crippen LogP contribution is -2.35. The summed E-state index contributed by atoms with van der Waals surface area (Å²) in [4.78, 5) is 0. The number of allylic oxidation sites excluding steroid dienone is 4. The molecule has 0 atom stereocenters. The first-order chi connectivity index (χ1) is 5.20. The summed E-state index contributed by atoms with van der Waals surface area (Å²) < 4.78 is 0. The molecule has 3 aliphatic carbocycles. The van der Waals surface area contributed by atoms with Crippen molar-refractivity contribution in [3.8, 4) is 0 Å². The fourth-order valence-electron chi connectivity index (χ4n) is 2.33. The molecule has 0 unspecified atom stereocenters. The zero-order valence-electron chi connectivity index (χ0n) is 7.43. The molecule has 3 rings (SSSR count). The molecule has 0 heterocycles. The van der Waals surface area contributed by atoms with Crippen LogP contribution in [-0.2, 0) is 0 Å². The lowest BCUT2D eigenvalue weighted by atomic mass is 9.59. The van der Waals surface area contributed by atoms with E-state index in [1.807, 2.05) is 0 Å². The van der Waals surface area contributed by atoms with Crippen LogP contribution in [0.2, 0.25) is 0 Å². The van der Waals surface area contributed by atoms with Crippen molar-refractivity contribution in [1.82, 2.24) is 0 Å². The van der Waals surface area contributed by atoms with Crippen molar-refractivity contribution < 1.29 is 0 Å². The summed E-state index contributed by atoms with van der Waals surface area (Å²) in [5.74, 6) is 0.907. The first-order valence-electron chi connectivity index (χ1n) is 4.53. The molecule has 1 saturated carbocycles. The molecule has 0 spiro atoms. The number of hydrogen-bond acceptors (Lipinski definition) is 0. The van der Waals surface area contributed by atoms with E-state index in [-0.39, 0.29) is 0 Å². The highest BCUT2D eigenvalue weighted by molar-refractivity contribution is 5.20. The zero-order valence-corrected chi connectivity index (χ0v) is 7.43. The molecule has 11 heavy (non-hydrogen) atoms. The molecule has 2 bridgehead atoms. The lowest BCUT2D eigenvalue weighted by Gasteiger charge is -2.46. The topological polar surface area (TPSA) is 0 Å². The van der Waals surface area contributed by atoms with Gasteiger partial charge in [0, 0.05) is 0 Å². The first kappa shape index (κ1) is 7.15. The third kappa shape index (κ3) is 1.15. The maximum Gasteiger partial charge on any atom is -0.0192 e. The molecule has 60 valence electrons. The minimum absolute atomic E-state index is 0.649. The minimum Gasteiger partial charge on any atom is -0.0840 e. The van der Waals surface area contributed by atoms with E-state index < -0.39 is 0 Å². The summed E-state index contributed by atoms with van der Waals surface area (Å²) in [7, 11) is 0. The van der Waals surface area contributed by atoms with Gasteiger partial charge >= 0.3 is 0 Å². The van der Waals surface area contributed by atoms with E-state index in [9.17, 15) is 0 Å². The SMILES string of the molecule is C/C1=C\C=C/CC2(C)CC1C2. The summed E-state index contributed by atoms with van der Waals surface area (Å²) >= 11 is 0. The molecule has 3 aliphatic rings. The predicted molar refractivity (Wildman–Crippen MR) is 48.3 cm³/mol. The third-order valence-corrected chi connectivity index (χ3v) is 3.23. The monoisotopic (exact) mass is 148 g/mol. The summed E-state index contributed by atoms with van der Waals surface area (Å²) in [5, 5.41) is 0. The maximum absolute atomic E-state index is 2.41. The van der Waals surface area contributed by atoms with Crippen LogP contribution in [0.3, 0.4) is 0 Å². The molecule has 0 aliphatic heterocycles. The fraction of sp³-hybridized carbons (Fsp3) is 0.636. The van der Waals surface area contributed by atoms with Gasteiger partial charge in [0.15, 0.2) is 0 Å². The zero-order chi connectivity index (χ0) is 7.90. The molecule has 1 fully saturated rings. The van der Waals surface area contributed by atoms with E-state index in [0.717, 1.165) is 5.92 Å². The quantitative estimate of drug-likeness (QED) is 0.494. The van der Waals surface area contributed by atoms with Gasteiger partial charge in [-0.2, -0.15) is 0 Å². The van der Waals surface area contributed by atoms with Gasteiger partial charge in [0.25, 0.3) is 0 Å². The highest BCUT2D eigenvalue weighted by Gasteiger charge is 2.39. The van der Waals surface area contributed by atoms with Gasteiger partial charge in [-0.05, 0) is 37.5 Å². The van der Waals surface area contributed by atoms with Gasteiger partial charge in [-0.1, -0.05) is 30.7 Å². The van der Waals surface area contributed by atoms with E-state index in [1.54, 1.807) is 5.57 Å². The van der Waals surface area contributed by atoms with Crippen molar-refractivity contribution in [2.45, 2.75) is 33.1 Å². The average molecular weight is 148 g/mol. The summed E-state index contributed by atoms with van der Waals surface area (Å²) in [5.41, 5.74) is 2.23. The molecular weight excluding hydrogens is 132 g/mol. The van der Waals surface area contributed by atoms with Gasteiger partial charge in [-0.15, -0.1) is 0 Å². The normalized spacial score (nSPS) is 49.6. The van der Waals surface area contributed by atoms with Gasteiger partial charge in [-0.25, -0.2) is 0 Å². The van der Waals surface area contributed by atoms with Crippen LogP contribution in [-0.4, -0.2) is 0 Å². The van der Waals surface area contributed by atoms with Crippen molar-refractivity contribution in [2.24, 2.45) is 11.3 Å². The van der Waals surface area contributed by atoms with Gasteiger partial charge < -0.3 is 0 Å². The molecule has 0 saturated heterocycles. The molecule has 0 heteroatoms. The van der Waals surface area contributed by atoms with Gasteiger partial charge in [0.2, 0.25) is 0 Å². The van der Waals surface area contributed by atoms with Crippen LogP contribution in [0.4, 0.5) is 0 Å². The van der Waals surface area contributed by atoms with Crippen molar-refractivity contribution in [3.05, 3.63) is 23.8 Å². The van der Waals surface area contributed by atoms with Gasteiger partial charge in [0.05, 0.1) is 0 Å². The van der Waals surface area contributed by atoms with E-state index in [4.69, 9.17) is 0 Å². The number of fused-ring (bicyclic) bond motifs is 2. The van der Waals surface area contributed by atoms with Crippen LogP contribution in [0.5, 0.6) is 0 Å². The highest BCUT2D eigenvalue weighted by atomic mass is 14.4. The fourth-order valence-corrected chi connectivity index (χ4v) is 2.33. The second kappa shape index (κ2) is 2.23. The molecule has 0 radical (unpaired) electrons. The van der Waals surface area contributed by atoms with Crippen molar-refractivity contribution in [3.63, 3.8) is 0 Å². The van der Waals surface area contributed by atoms with Crippen LogP contribution in [0, 0.1) is 11.3 Å². The third-order valence-electron chi connectivity index (χ3n) is 3.23. The summed E-state index contributed by atoms with van der Waals surface area (Å²) in [6.07, 6.45) is 10.9. The van der Waals surface area contributed by atoms with Gasteiger partial charge in [-0.3, -0.25) is 0 Å². The Morgan fingerprint density at radius 1 is 1.45 bits per heavy atom. The Labute approximate surface area is 69.0 Å². The molecule has 0 N–H and O–H groups in total. The molecule has 0 aromatic heterocycles. The Bertz CT molecular complexity index is 214. The Hall–Kier alpha value is -0.520. The maximum atomic E-state index is 2.41. The van der Waals surface area contributed by atoms with E-state index in [1.165, 1.54) is 19.3 Å². The van der Waals surface area contributed by atoms with Crippen LogP contribution in [0.1, 0.15) is 33.1 Å². The second-order valence-corrected chi connectivity index (χ2v) is 4.46. The number of rotatable bonds is 0. The number of hydrogen-bond donors (Lipinski definition) is 0. The van der Waals surface area contributed by atoms with Crippen LogP contribution in [0.25, 0.3) is 0 Å². The molecule has 0 aromatic carbocycles. The van der Waals surface area contributed by atoms with Crippen molar-refractivity contribution in [1.29, 1.82) is 0 Å². The standard InChI is InChI=1S/C11H16/c1-9-5-3-4-6-11(2)7-10(9)8-11/h3-5,10H,6-8H2,1-2H3/b4-3-,9-5+. The van der Waals surface area contributed by atoms with Crippen LogP contribution < -0.4 is 0 Å². The molecule has 0 nitrogen and oxygen atoms in total. The van der Waals surface area contributed by atoms with Gasteiger partial charge in [0.1, 0.15) is 0 Å². The minimum atomic E-state index is 0.649. The first-order valence-corrected chi connectivity index (χ1v) is 4.53. The van der Waals surface area contributed by atoms with Crippen molar-refractivity contribution >= 4 is 0 Å². The predicted octanol–water partition coefficient (Wildman–Crippen LogP) is 3.31.